The molecule has 0 saturated carbocycles. The molecule has 0 radical (unpaired) electrons. The molecular weight excluding hydrogens is 418 g/mol. The summed E-state index contributed by atoms with van der Waals surface area (Å²) in [5.41, 5.74) is 2.45. The standard InChI is InChI=1S/C15H11Br2NO2S/c16-13-8-12(14(17)21-13)15(20)18-9-11-5-3-10(4-6-11)2-1-7-19/h3-6,8,19H,7,9H2,(H,18,20). The fourth-order valence-corrected chi connectivity index (χ4v) is 4.41. The van der Waals surface area contributed by atoms with Crippen molar-refractivity contribution >= 4 is 49.1 Å². The molecular formula is C15H11Br2NO2S. The smallest absolute Gasteiger partial charge is 0.253 e. The summed E-state index contributed by atoms with van der Waals surface area (Å²) in [6.07, 6.45) is 0. The van der Waals surface area contributed by atoms with E-state index in [4.69, 9.17) is 5.11 Å². The molecule has 3 nitrogen and oxygen atoms in total. The predicted molar refractivity (Wildman–Crippen MR) is 91.3 cm³/mol. The summed E-state index contributed by atoms with van der Waals surface area (Å²) in [6, 6.07) is 9.32. The topological polar surface area (TPSA) is 49.3 Å². The first kappa shape index (κ1) is 16.2. The Morgan fingerprint density at radius 1 is 1.29 bits per heavy atom. The number of carbonyl (C=O) groups excluding carboxylic acids is 1. The lowest BCUT2D eigenvalue weighted by molar-refractivity contribution is 0.0950. The number of thiophene rings is 1. The van der Waals surface area contributed by atoms with Crippen LogP contribution in [0.1, 0.15) is 21.5 Å². The summed E-state index contributed by atoms with van der Waals surface area (Å²) >= 11 is 8.19. The van der Waals surface area contributed by atoms with Crippen molar-refractivity contribution in [3.05, 3.63) is 54.6 Å². The van der Waals surface area contributed by atoms with E-state index in [1.807, 2.05) is 24.3 Å². The molecule has 0 aliphatic heterocycles. The molecule has 0 aliphatic carbocycles. The van der Waals surface area contributed by atoms with Crippen molar-refractivity contribution in [1.29, 1.82) is 0 Å². The summed E-state index contributed by atoms with van der Waals surface area (Å²) in [5, 5.41) is 11.5. The van der Waals surface area contributed by atoms with Crippen molar-refractivity contribution in [2.75, 3.05) is 6.61 Å². The summed E-state index contributed by atoms with van der Waals surface area (Å²) in [6.45, 7) is 0.301. The second-order valence-electron chi connectivity index (χ2n) is 4.08. The van der Waals surface area contributed by atoms with Gasteiger partial charge in [0.15, 0.2) is 0 Å². The highest BCUT2D eigenvalue weighted by molar-refractivity contribution is 9.12. The zero-order valence-corrected chi connectivity index (χ0v) is 14.8. The average molecular weight is 429 g/mol. The molecule has 2 rings (SSSR count). The van der Waals surface area contributed by atoms with Gasteiger partial charge in [0, 0.05) is 12.1 Å². The maximum atomic E-state index is 12.1. The van der Waals surface area contributed by atoms with Crippen LogP contribution in [0.5, 0.6) is 0 Å². The molecule has 0 fully saturated rings. The minimum absolute atomic E-state index is 0.118. The highest BCUT2D eigenvalue weighted by Crippen LogP contribution is 2.31. The van der Waals surface area contributed by atoms with Gasteiger partial charge in [0.05, 0.1) is 13.1 Å². The highest BCUT2D eigenvalue weighted by atomic mass is 79.9. The third-order valence-electron chi connectivity index (χ3n) is 2.62. The van der Waals surface area contributed by atoms with E-state index in [0.717, 1.165) is 18.7 Å². The molecule has 108 valence electrons. The SMILES string of the molecule is O=C(NCc1ccc(C#CCO)cc1)c1cc(Br)sc1Br. The lowest BCUT2D eigenvalue weighted by Gasteiger charge is -2.04. The van der Waals surface area contributed by atoms with Crippen LogP contribution in [0.25, 0.3) is 0 Å². The van der Waals surface area contributed by atoms with Crippen molar-refractivity contribution in [2.24, 2.45) is 0 Å². The monoisotopic (exact) mass is 427 g/mol. The Morgan fingerprint density at radius 3 is 2.57 bits per heavy atom. The molecule has 0 aliphatic rings. The van der Waals surface area contributed by atoms with Crippen molar-refractivity contribution in [3.63, 3.8) is 0 Å². The lowest BCUT2D eigenvalue weighted by Crippen LogP contribution is -2.22. The molecule has 2 N–H and O–H groups in total. The molecule has 1 aromatic heterocycles. The Kier molecular flexibility index (Phi) is 6.00. The van der Waals surface area contributed by atoms with Gasteiger partial charge in [-0.25, -0.2) is 0 Å². The molecule has 21 heavy (non-hydrogen) atoms. The summed E-state index contributed by atoms with van der Waals surface area (Å²) in [4.78, 5) is 12.1. The Morgan fingerprint density at radius 2 is 2.00 bits per heavy atom. The maximum absolute atomic E-state index is 12.1. The molecule has 0 atom stereocenters. The predicted octanol–water partition coefficient (Wildman–Crippen LogP) is 3.55. The first-order valence-corrected chi connectivity index (χ1v) is 8.42. The van der Waals surface area contributed by atoms with Crippen LogP contribution < -0.4 is 5.32 Å². The van der Waals surface area contributed by atoms with Crippen LogP contribution in [-0.2, 0) is 6.54 Å². The van der Waals surface area contributed by atoms with Gasteiger partial charge in [-0.15, -0.1) is 11.3 Å². The number of hydrogen-bond donors (Lipinski definition) is 2. The van der Waals surface area contributed by atoms with Crippen molar-refractivity contribution < 1.29 is 9.90 Å². The number of nitrogens with one attached hydrogen (secondary N) is 1. The van der Waals surface area contributed by atoms with E-state index in [9.17, 15) is 4.79 Å². The minimum atomic E-state index is -0.150. The third-order valence-corrected chi connectivity index (χ3v) is 4.96. The Bertz CT molecular complexity index is 699. The molecule has 0 saturated heterocycles. The van der Waals surface area contributed by atoms with Crippen LogP contribution in [0.3, 0.4) is 0 Å². The van der Waals surface area contributed by atoms with Crippen LogP contribution in [0.15, 0.2) is 37.9 Å². The van der Waals surface area contributed by atoms with Gasteiger partial charge < -0.3 is 10.4 Å². The van der Waals surface area contributed by atoms with Gasteiger partial charge in [-0.2, -0.15) is 0 Å². The number of hydrogen-bond acceptors (Lipinski definition) is 3. The van der Waals surface area contributed by atoms with E-state index in [2.05, 4.69) is 49.0 Å². The zero-order chi connectivity index (χ0) is 15.2. The van der Waals surface area contributed by atoms with E-state index < -0.39 is 0 Å². The van der Waals surface area contributed by atoms with Crippen LogP contribution in [0.2, 0.25) is 0 Å². The van der Waals surface area contributed by atoms with Crippen molar-refractivity contribution in [3.8, 4) is 11.8 Å². The second kappa shape index (κ2) is 7.76. The minimum Gasteiger partial charge on any atom is -0.384 e. The van der Waals surface area contributed by atoms with E-state index in [1.165, 1.54) is 11.3 Å². The van der Waals surface area contributed by atoms with E-state index in [-0.39, 0.29) is 12.5 Å². The Labute approximate surface area is 143 Å². The molecule has 0 bridgehead atoms. The molecule has 1 aromatic carbocycles. The lowest BCUT2D eigenvalue weighted by atomic mass is 10.1. The number of halogens is 2. The molecule has 0 unspecified atom stereocenters. The van der Waals surface area contributed by atoms with Crippen LogP contribution in [0.4, 0.5) is 0 Å². The largest absolute Gasteiger partial charge is 0.384 e. The molecule has 0 spiro atoms. The Balaban J connectivity index is 1.96. The Hall–Kier alpha value is -1.13. The van der Waals surface area contributed by atoms with Gasteiger partial charge in [0.2, 0.25) is 0 Å². The zero-order valence-electron chi connectivity index (χ0n) is 10.8. The van der Waals surface area contributed by atoms with E-state index in [0.29, 0.717) is 12.1 Å². The first-order valence-electron chi connectivity index (χ1n) is 6.02. The fraction of sp³-hybridized carbons (Fsp3) is 0.133. The molecule has 6 heteroatoms. The summed E-state index contributed by atoms with van der Waals surface area (Å²) in [5.74, 6) is 5.30. The van der Waals surface area contributed by atoms with Gasteiger partial charge in [-0.1, -0.05) is 24.0 Å². The fourth-order valence-electron chi connectivity index (χ4n) is 1.62. The van der Waals surface area contributed by atoms with Crippen LogP contribution in [-0.4, -0.2) is 17.6 Å². The normalized spacial score (nSPS) is 9.86. The number of aliphatic hydroxyl groups excluding tert-OH is 1. The van der Waals surface area contributed by atoms with Gasteiger partial charge in [-0.3, -0.25) is 4.79 Å². The molecule has 1 heterocycles. The maximum Gasteiger partial charge on any atom is 0.253 e. The number of aliphatic hydroxyl groups is 1. The summed E-state index contributed by atoms with van der Waals surface area (Å²) < 4.78 is 1.72. The second-order valence-corrected chi connectivity index (χ2v) is 7.83. The number of rotatable bonds is 3. The van der Waals surface area contributed by atoms with Gasteiger partial charge in [0.1, 0.15) is 6.61 Å². The molecule has 2 aromatic rings. The van der Waals surface area contributed by atoms with Crippen molar-refractivity contribution in [1.82, 2.24) is 5.32 Å². The van der Waals surface area contributed by atoms with Crippen LogP contribution >= 0.6 is 43.2 Å². The molecule has 1 amide bonds. The van der Waals surface area contributed by atoms with Gasteiger partial charge in [0.25, 0.3) is 5.91 Å². The quantitative estimate of drug-likeness (QED) is 0.734. The van der Waals surface area contributed by atoms with Crippen molar-refractivity contribution in [2.45, 2.75) is 6.54 Å². The highest BCUT2D eigenvalue weighted by Gasteiger charge is 2.13. The van der Waals surface area contributed by atoms with Gasteiger partial charge in [-0.05, 0) is 55.6 Å². The number of benzene rings is 1. The first-order chi connectivity index (χ1) is 10.1. The summed E-state index contributed by atoms with van der Waals surface area (Å²) in [7, 11) is 0. The average Bonchev–Trinajstić information content (AvgIpc) is 2.82. The number of carbonyl (C=O) groups is 1. The third kappa shape index (κ3) is 4.68. The number of amides is 1. The van der Waals surface area contributed by atoms with E-state index >= 15 is 0 Å². The van der Waals surface area contributed by atoms with Gasteiger partial charge >= 0.3 is 0 Å². The van der Waals surface area contributed by atoms with E-state index in [1.54, 1.807) is 6.07 Å². The van der Waals surface area contributed by atoms with Crippen LogP contribution in [0, 0.1) is 11.8 Å².